The lowest BCUT2D eigenvalue weighted by Gasteiger charge is -2.37. The molecule has 7 heteroatoms. The van der Waals surface area contributed by atoms with Gasteiger partial charge in [0.2, 0.25) is 0 Å². The first-order valence-electron chi connectivity index (χ1n) is 8.52. The van der Waals surface area contributed by atoms with Crippen LogP contribution in [0.5, 0.6) is 0 Å². The van der Waals surface area contributed by atoms with E-state index in [1.54, 1.807) is 4.90 Å². The Balaban J connectivity index is 1.69. The number of nitrogens with zero attached hydrogens (tertiary/aromatic N) is 4. The molecule has 0 bridgehead atoms. The number of anilines is 1. The molecular weight excluding hydrogens is 308 g/mol. The van der Waals surface area contributed by atoms with Crippen LogP contribution in [0.25, 0.3) is 0 Å². The van der Waals surface area contributed by atoms with Crippen LogP contribution in [-0.2, 0) is 4.74 Å². The molecule has 1 aliphatic heterocycles. The van der Waals surface area contributed by atoms with E-state index < -0.39 is 11.7 Å². The molecule has 3 rings (SSSR count). The SMILES string of the molecule is CC1CC(O)c2ncnc(N3CCN(C(=O)OC(C)(C)C)CC3)c21. The maximum Gasteiger partial charge on any atom is 0.410 e. The minimum absolute atomic E-state index is 0.245. The number of aromatic nitrogens is 2. The van der Waals surface area contributed by atoms with Gasteiger partial charge >= 0.3 is 6.09 Å². The molecule has 1 amide bonds. The maximum atomic E-state index is 12.2. The van der Waals surface area contributed by atoms with E-state index in [0.717, 1.165) is 17.1 Å². The van der Waals surface area contributed by atoms with E-state index in [1.165, 1.54) is 6.33 Å². The van der Waals surface area contributed by atoms with Gasteiger partial charge in [-0.3, -0.25) is 0 Å². The number of hydrogen-bond acceptors (Lipinski definition) is 6. The maximum absolute atomic E-state index is 12.2. The molecule has 1 fully saturated rings. The summed E-state index contributed by atoms with van der Waals surface area (Å²) in [4.78, 5) is 24.8. The number of ether oxygens (including phenoxy) is 1. The number of hydrogen-bond donors (Lipinski definition) is 1. The second kappa shape index (κ2) is 6.20. The number of rotatable bonds is 1. The fraction of sp³-hybridized carbons (Fsp3) is 0.706. The van der Waals surface area contributed by atoms with Crippen molar-refractivity contribution in [3.63, 3.8) is 0 Å². The smallest absolute Gasteiger partial charge is 0.410 e. The molecule has 1 aliphatic carbocycles. The highest BCUT2D eigenvalue weighted by atomic mass is 16.6. The Morgan fingerprint density at radius 3 is 2.54 bits per heavy atom. The van der Waals surface area contributed by atoms with Crippen LogP contribution in [0.1, 0.15) is 57.4 Å². The van der Waals surface area contributed by atoms with Gasteiger partial charge in [0.1, 0.15) is 17.7 Å². The summed E-state index contributed by atoms with van der Waals surface area (Å²) >= 11 is 0. The van der Waals surface area contributed by atoms with E-state index in [4.69, 9.17) is 4.74 Å². The molecule has 1 N–H and O–H groups in total. The van der Waals surface area contributed by atoms with Gasteiger partial charge in [0.25, 0.3) is 0 Å². The third-order valence-corrected chi connectivity index (χ3v) is 4.51. The molecule has 0 radical (unpaired) electrons. The van der Waals surface area contributed by atoms with Crippen molar-refractivity contribution < 1.29 is 14.6 Å². The van der Waals surface area contributed by atoms with Crippen molar-refractivity contribution in [2.24, 2.45) is 0 Å². The fourth-order valence-corrected chi connectivity index (χ4v) is 3.38. The summed E-state index contributed by atoms with van der Waals surface area (Å²) in [7, 11) is 0. The summed E-state index contributed by atoms with van der Waals surface area (Å²) in [6, 6.07) is 0. The average molecular weight is 334 g/mol. The Morgan fingerprint density at radius 1 is 1.25 bits per heavy atom. The molecule has 0 spiro atoms. The minimum Gasteiger partial charge on any atom is -0.444 e. The molecule has 0 saturated carbocycles. The van der Waals surface area contributed by atoms with Crippen molar-refractivity contribution in [3.05, 3.63) is 17.6 Å². The van der Waals surface area contributed by atoms with E-state index in [2.05, 4.69) is 21.8 Å². The molecular formula is C17H26N4O3. The van der Waals surface area contributed by atoms with Gasteiger partial charge in [-0.2, -0.15) is 0 Å². The molecule has 2 heterocycles. The Labute approximate surface area is 142 Å². The third-order valence-electron chi connectivity index (χ3n) is 4.51. The zero-order valence-corrected chi connectivity index (χ0v) is 14.8. The van der Waals surface area contributed by atoms with Gasteiger partial charge in [-0.15, -0.1) is 0 Å². The van der Waals surface area contributed by atoms with E-state index in [-0.39, 0.29) is 12.0 Å². The van der Waals surface area contributed by atoms with Crippen LogP contribution in [0.4, 0.5) is 10.6 Å². The summed E-state index contributed by atoms with van der Waals surface area (Å²) in [5.41, 5.74) is 1.32. The summed E-state index contributed by atoms with van der Waals surface area (Å²) in [6.45, 7) is 10.3. The largest absolute Gasteiger partial charge is 0.444 e. The lowest BCUT2D eigenvalue weighted by atomic mass is 10.1. The number of carbonyl (C=O) groups excluding carboxylic acids is 1. The highest BCUT2D eigenvalue weighted by Crippen LogP contribution is 2.42. The molecule has 2 unspecified atom stereocenters. The molecule has 0 aromatic carbocycles. The average Bonchev–Trinajstić information content (AvgIpc) is 2.81. The molecule has 1 saturated heterocycles. The topological polar surface area (TPSA) is 78.8 Å². The second-order valence-electron chi connectivity index (χ2n) is 7.60. The second-order valence-corrected chi connectivity index (χ2v) is 7.60. The monoisotopic (exact) mass is 334 g/mol. The van der Waals surface area contributed by atoms with Gasteiger partial charge in [0.15, 0.2) is 0 Å². The molecule has 24 heavy (non-hydrogen) atoms. The fourth-order valence-electron chi connectivity index (χ4n) is 3.38. The minimum atomic E-state index is -0.500. The molecule has 7 nitrogen and oxygen atoms in total. The van der Waals surface area contributed by atoms with Gasteiger partial charge in [0, 0.05) is 31.7 Å². The predicted molar refractivity (Wildman–Crippen MR) is 90.0 cm³/mol. The standard InChI is InChI=1S/C17H26N4O3/c1-11-9-12(22)14-13(11)15(19-10-18-14)20-5-7-21(8-6-20)16(23)24-17(2,3)4/h10-12,22H,5-9H2,1-4H3. The molecule has 1 aromatic rings. The number of aliphatic hydroxyl groups excluding tert-OH is 1. The number of amides is 1. The van der Waals surface area contributed by atoms with E-state index in [0.29, 0.717) is 32.6 Å². The van der Waals surface area contributed by atoms with Gasteiger partial charge < -0.3 is 19.6 Å². The van der Waals surface area contributed by atoms with E-state index in [1.807, 2.05) is 20.8 Å². The van der Waals surface area contributed by atoms with Crippen molar-refractivity contribution >= 4 is 11.9 Å². The van der Waals surface area contributed by atoms with Crippen molar-refractivity contribution in [1.29, 1.82) is 0 Å². The van der Waals surface area contributed by atoms with Crippen LogP contribution < -0.4 is 4.90 Å². The molecule has 2 aliphatic rings. The molecule has 1 aromatic heterocycles. The number of carbonyl (C=O) groups is 1. The highest BCUT2D eigenvalue weighted by molar-refractivity contribution is 5.68. The predicted octanol–water partition coefficient (Wildman–Crippen LogP) is 2.07. The van der Waals surface area contributed by atoms with Gasteiger partial charge in [0.05, 0.1) is 11.8 Å². The van der Waals surface area contributed by atoms with Gasteiger partial charge in [-0.05, 0) is 33.1 Å². The molecule has 132 valence electrons. The van der Waals surface area contributed by atoms with Crippen LogP contribution >= 0.6 is 0 Å². The summed E-state index contributed by atoms with van der Waals surface area (Å²) < 4.78 is 5.43. The van der Waals surface area contributed by atoms with Crippen LogP contribution in [-0.4, -0.2) is 57.8 Å². The zero-order chi connectivity index (χ0) is 17.5. The van der Waals surface area contributed by atoms with Crippen LogP contribution in [0.3, 0.4) is 0 Å². The van der Waals surface area contributed by atoms with Crippen molar-refractivity contribution in [3.8, 4) is 0 Å². The summed E-state index contributed by atoms with van der Waals surface area (Å²) in [5.74, 6) is 1.14. The van der Waals surface area contributed by atoms with Gasteiger partial charge in [-0.25, -0.2) is 14.8 Å². The first-order valence-corrected chi connectivity index (χ1v) is 8.52. The van der Waals surface area contributed by atoms with Crippen molar-refractivity contribution in [2.45, 2.75) is 51.7 Å². The Hall–Kier alpha value is -1.89. The van der Waals surface area contributed by atoms with Crippen molar-refractivity contribution in [2.75, 3.05) is 31.1 Å². The number of piperazine rings is 1. The Bertz CT molecular complexity index is 621. The van der Waals surface area contributed by atoms with Crippen molar-refractivity contribution in [1.82, 2.24) is 14.9 Å². The number of aliphatic hydroxyl groups is 1. The highest BCUT2D eigenvalue weighted by Gasteiger charge is 2.34. The first kappa shape index (κ1) is 17.0. The zero-order valence-electron chi connectivity index (χ0n) is 14.8. The lowest BCUT2D eigenvalue weighted by molar-refractivity contribution is 0.0240. The Kier molecular flexibility index (Phi) is 4.38. The quantitative estimate of drug-likeness (QED) is 0.847. The summed E-state index contributed by atoms with van der Waals surface area (Å²) in [6.07, 6.45) is 1.45. The first-order chi connectivity index (χ1) is 11.3. The Morgan fingerprint density at radius 2 is 1.92 bits per heavy atom. The van der Waals surface area contributed by atoms with E-state index >= 15 is 0 Å². The third kappa shape index (κ3) is 3.31. The van der Waals surface area contributed by atoms with Crippen LogP contribution in [0.2, 0.25) is 0 Å². The lowest BCUT2D eigenvalue weighted by Crippen LogP contribution is -2.50. The van der Waals surface area contributed by atoms with Gasteiger partial charge in [-0.1, -0.05) is 6.92 Å². The van der Waals surface area contributed by atoms with E-state index in [9.17, 15) is 9.90 Å². The normalized spacial score (nSPS) is 24.0. The van der Waals surface area contributed by atoms with Crippen LogP contribution in [0.15, 0.2) is 6.33 Å². The van der Waals surface area contributed by atoms with Crippen LogP contribution in [0, 0.1) is 0 Å². The molecule has 2 atom stereocenters. The summed E-state index contributed by atoms with van der Waals surface area (Å²) in [5, 5.41) is 10.1. The number of fused-ring (bicyclic) bond motifs is 1.